The number of carbonyl (C=O) groups is 2. The summed E-state index contributed by atoms with van der Waals surface area (Å²) in [5.74, 6) is -4.42. The molecule has 1 aliphatic rings. The Bertz CT molecular complexity index is 991. The number of anilines is 2. The molecule has 2 aromatic carbocycles. The van der Waals surface area contributed by atoms with Gasteiger partial charge in [-0.05, 0) is 42.7 Å². The van der Waals surface area contributed by atoms with Crippen LogP contribution in [0.15, 0.2) is 48.0 Å². The van der Waals surface area contributed by atoms with Crippen molar-refractivity contribution >= 4 is 23.2 Å². The molecule has 0 radical (unpaired) electrons. The Morgan fingerprint density at radius 3 is 2.31 bits per heavy atom. The first-order valence-corrected chi connectivity index (χ1v) is 9.02. The maximum Gasteiger partial charge on any atom is 0.251 e. The molecule has 5 nitrogen and oxygen atoms in total. The number of amides is 2. The molecule has 0 bridgehead atoms. The molecule has 0 spiro atoms. The Hall–Kier alpha value is -3.13. The first-order chi connectivity index (χ1) is 13.7. The Morgan fingerprint density at radius 2 is 1.66 bits per heavy atom. The standard InChI is InChI=1S/C21H20F3N3O2/c1-11(28)26-13-3-2-4-14(8-13)27-21(29)12-5-6-15(20(25)7-12)16-9-18(23)19(24)10-17(16)22/h2-5,8-10,15,20H,6-7,25H2,1H3,(H,26,28)(H,27,29). The molecule has 1 aliphatic carbocycles. The van der Waals surface area contributed by atoms with Crippen LogP contribution in [-0.4, -0.2) is 17.9 Å². The lowest BCUT2D eigenvalue weighted by atomic mass is 9.80. The van der Waals surface area contributed by atoms with Crippen LogP contribution in [0.5, 0.6) is 0 Å². The van der Waals surface area contributed by atoms with E-state index in [1.54, 1.807) is 30.3 Å². The first-order valence-electron chi connectivity index (χ1n) is 9.02. The lowest BCUT2D eigenvalue weighted by Crippen LogP contribution is -2.34. The van der Waals surface area contributed by atoms with Crippen LogP contribution in [0.25, 0.3) is 0 Å². The molecule has 2 atom stereocenters. The number of carbonyl (C=O) groups excluding carboxylic acids is 2. The third-order valence-electron chi connectivity index (χ3n) is 4.76. The minimum Gasteiger partial charge on any atom is -0.327 e. The van der Waals surface area contributed by atoms with Crippen LogP contribution < -0.4 is 16.4 Å². The number of nitrogens with two attached hydrogens (primary N) is 1. The highest BCUT2D eigenvalue weighted by Gasteiger charge is 2.29. The molecule has 0 saturated heterocycles. The van der Waals surface area contributed by atoms with Crippen molar-refractivity contribution in [3.63, 3.8) is 0 Å². The summed E-state index contributed by atoms with van der Waals surface area (Å²) in [5, 5.41) is 5.36. The van der Waals surface area contributed by atoms with Gasteiger partial charge in [-0.1, -0.05) is 12.1 Å². The van der Waals surface area contributed by atoms with E-state index in [0.717, 1.165) is 6.07 Å². The van der Waals surface area contributed by atoms with Gasteiger partial charge >= 0.3 is 0 Å². The van der Waals surface area contributed by atoms with Crippen molar-refractivity contribution in [2.75, 3.05) is 10.6 Å². The Labute approximate surface area is 165 Å². The van der Waals surface area contributed by atoms with Crippen LogP contribution >= 0.6 is 0 Å². The predicted molar refractivity (Wildman–Crippen MR) is 104 cm³/mol. The zero-order valence-electron chi connectivity index (χ0n) is 15.6. The number of halogens is 3. The highest BCUT2D eigenvalue weighted by Crippen LogP contribution is 2.34. The Kier molecular flexibility index (Phi) is 6.03. The Balaban J connectivity index is 1.73. The van der Waals surface area contributed by atoms with Crippen LogP contribution in [0.2, 0.25) is 0 Å². The molecule has 2 unspecified atom stereocenters. The van der Waals surface area contributed by atoms with Gasteiger partial charge in [0, 0.05) is 41.9 Å². The molecule has 4 N–H and O–H groups in total. The summed E-state index contributed by atoms with van der Waals surface area (Å²) in [6, 6.07) is 7.35. The van der Waals surface area contributed by atoms with E-state index in [9.17, 15) is 22.8 Å². The van der Waals surface area contributed by atoms with Gasteiger partial charge in [0.05, 0.1) is 0 Å². The number of hydrogen-bond donors (Lipinski definition) is 3. The van der Waals surface area contributed by atoms with E-state index in [2.05, 4.69) is 10.6 Å². The summed E-state index contributed by atoms with van der Waals surface area (Å²) < 4.78 is 40.7. The molecule has 29 heavy (non-hydrogen) atoms. The zero-order chi connectivity index (χ0) is 21.1. The van der Waals surface area contributed by atoms with Crippen LogP contribution in [0.1, 0.15) is 31.2 Å². The molecule has 2 aromatic rings. The van der Waals surface area contributed by atoms with Crippen molar-refractivity contribution in [2.24, 2.45) is 5.73 Å². The SMILES string of the molecule is CC(=O)Nc1cccc(NC(=O)C2=CCC(c3cc(F)c(F)cc3F)C(N)C2)c1. The van der Waals surface area contributed by atoms with E-state index in [0.29, 0.717) is 23.0 Å². The van der Waals surface area contributed by atoms with Gasteiger partial charge in [-0.3, -0.25) is 9.59 Å². The summed E-state index contributed by atoms with van der Waals surface area (Å²) in [4.78, 5) is 23.7. The van der Waals surface area contributed by atoms with E-state index in [-0.39, 0.29) is 30.2 Å². The second-order valence-electron chi connectivity index (χ2n) is 6.94. The zero-order valence-corrected chi connectivity index (χ0v) is 15.6. The van der Waals surface area contributed by atoms with Crippen LogP contribution in [0, 0.1) is 17.5 Å². The number of rotatable bonds is 4. The van der Waals surface area contributed by atoms with E-state index < -0.39 is 29.4 Å². The van der Waals surface area contributed by atoms with Gasteiger partial charge in [-0.15, -0.1) is 0 Å². The Morgan fingerprint density at radius 1 is 1.00 bits per heavy atom. The van der Waals surface area contributed by atoms with Gasteiger partial charge in [0.2, 0.25) is 5.91 Å². The summed E-state index contributed by atoms with van der Waals surface area (Å²) >= 11 is 0. The monoisotopic (exact) mass is 403 g/mol. The van der Waals surface area contributed by atoms with Gasteiger partial charge in [0.15, 0.2) is 11.6 Å². The van der Waals surface area contributed by atoms with Gasteiger partial charge in [0.1, 0.15) is 5.82 Å². The predicted octanol–water partition coefficient (Wildman–Crippen LogP) is 3.83. The molecular formula is C21H20F3N3O2. The fourth-order valence-corrected chi connectivity index (χ4v) is 3.38. The average molecular weight is 403 g/mol. The van der Waals surface area contributed by atoms with Crippen LogP contribution in [-0.2, 0) is 9.59 Å². The number of hydrogen-bond acceptors (Lipinski definition) is 3. The fourth-order valence-electron chi connectivity index (χ4n) is 3.38. The maximum absolute atomic E-state index is 14.1. The first kappa shape index (κ1) is 20.6. The van der Waals surface area contributed by atoms with Crippen molar-refractivity contribution in [3.8, 4) is 0 Å². The highest BCUT2D eigenvalue weighted by molar-refractivity contribution is 6.04. The molecule has 0 heterocycles. The summed E-state index contributed by atoms with van der Waals surface area (Å²) in [5.41, 5.74) is 7.56. The van der Waals surface area contributed by atoms with Crippen molar-refractivity contribution in [3.05, 3.63) is 71.1 Å². The third kappa shape index (κ3) is 4.83. The molecule has 0 aromatic heterocycles. The molecule has 2 amide bonds. The fraction of sp³-hybridized carbons (Fsp3) is 0.238. The summed E-state index contributed by atoms with van der Waals surface area (Å²) in [6.07, 6.45) is 2.00. The molecule has 0 saturated carbocycles. The topological polar surface area (TPSA) is 84.2 Å². The summed E-state index contributed by atoms with van der Waals surface area (Å²) in [6.45, 7) is 1.38. The second kappa shape index (κ2) is 8.48. The average Bonchev–Trinajstić information content (AvgIpc) is 2.64. The van der Waals surface area contributed by atoms with E-state index in [1.807, 2.05) is 0 Å². The number of benzene rings is 2. The van der Waals surface area contributed by atoms with Crippen molar-refractivity contribution in [1.82, 2.24) is 0 Å². The van der Waals surface area contributed by atoms with E-state index in [1.165, 1.54) is 6.92 Å². The van der Waals surface area contributed by atoms with E-state index >= 15 is 0 Å². The number of nitrogens with one attached hydrogen (secondary N) is 2. The van der Waals surface area contributed by atoms with Gasteiger partial charge in [0.25, 0.3) is 5.91 Å². The molecule has 0 aliphatic heterocycles. The third-order valence-corrected chi connectivity index (χ3v) is 4.76. The van der Waals surface area contributed by atoms with Crippen LogP contribution in [0.4, 0.5) is 24.5 Å². The minimum absolute atomic E-state index is 0.00452. The molecule has 152 valence electrons. The second-order valence-corrected chi connectivity index (χ2v) is 6.94. The lowest BCUT2D eigenvalue weighted by molar-refractivity contribution is -0.114. The molecule has 3 rings (SSSR count). The normalized spacial score (nSPS) is 18.7. The lowest BCUT2D eigenvalue weighted by Gasteiger charge is -2.29. The van der Waals surface area contributed by atoms with Gasteiger partial charge < -0.3 is 16.4 Å². The maximum atomic E-state index is 14.1. The van der Waals surface area contributed by atoms with Crippen LogP contribution in [0.3, 0.4) is 0 Å². The minimum atomic E-state index is -1.26. The van der Waals surface area contributed by atoms with E-state index in [4.69, 9.17) is 5.73 Å². The van der Waals surface area contributed by atoms with Gasteiger partial charge in [-0.2, -0.15) is 0 Å². The molecule has 8 heteroatoms. The van der Waals surface area contributed by atoms with Crippen molar-refractivity contribution in [2.45, 2.75) is 31.7 Å². The summed E-state index contributed by atoms with van der Waals surface area (Å²) in [7, 11) is 0. The van der Waals surface area contributed by atoms with Crippen molar-refractivity contribution in [1.29, 1.82) is 0 Å². The molecular weight excluding hydrogens is 383 g/mol. The van der Waals surface area contributed by atoms with Crippen molar-refractivity contribution < 1.29 is 22.8 Å². The number of allylic oxidation sites excluding steroid dienone is 1. The smallest absolute Gasteiger partial charge is 0.251 e. The van der Waals surface area contributed by atoms with Gasteiger partial charge in [-0.25, -0.2) is 13.2 Å². The molecule has 0 fully saturated rings. The highest BCUT2D eigenvalue weighted by atomic mass is 19.2. The largest absolute Gasteiger partial charge is 0.327 e. The quantitative estimate of drug-likeness (QED) is 0.679.